The fourth-order valence-corrected chi connectivity index (χ4v) is 2.02. The van der Waals surface area contributed by atoms with Gasteiger partial charge in [-0.3, -0.25) is 0 Å². The monoisotopic (exact) mass is 219 g/mol. The lowest BCUT2D eigenvalue weighted by Crippen LogP contribution is -2.17. The van der Waals surface area contributed by atoms with Crippen LogP contribution in [-0.4, -0.2) is 6.04 Å². The third-order valence-electron chi connectivity index (χ3n) is 2.99. The fraction of sp³-hybridized carbons (Fsp3) is 0.600. The second-order valence-corrected chi connectivity index (χ2v) is 4.49. The number of hydrogen-bond donors (Lipinski definition) is 1. The highest BCUT2D eigenvalue weighted by Gasteiger charge is 2.04. The normalized spacial score (nSPS) is 12.4. The van der Waals surface area contributed by atoms with Crippen LogP contribution in [0.25, 0.3) is 0 Å². The summed E-state index contributed by atoms with van der Waals surface area (Å²) in [5.41, 5.74) is 2.71. The summed E-state index contributed by atoms with van der Waals surface area (Å²) in [6.45, 7) is 6.72. The molecular weight excluding hydrogens is 194 g/mol. The molecule has 16 heavy (non-hydrogen) atoms. The Labute approximate surface area is 100 Å². The first kappa shape index (κ1) is 13.1. The number of aryl methyl sites for hydroxylation is 1. The molecule has 0 aliphatic carbocycles. The molecule has 90 valence electrons. The third kappa shape index (κ3) is 4.26. The van der Waals surface area contributed by atoms with E-state index >= 15 is 0 Å². The van der Waals surface area contributed by atoms with E-state index in [-0.39, 0.29) is 0 Å². The average Bonchev–Trinajstić information content (AvgIpc) is 2.31. The Bertz CT molecular complexity index is 276. The molecule has 1 nitrogen and oxygen atoms in total. The molecule has 0 aliphatic heterocycles. The fourth-order valence-electron chi connectivity index (χ4n) is 2.02. The second-order valence-electron chi connectivity index (χ2n) is 4.49. The molecule has 0 saturated carbocycles. The van der Waals surface area contributed by atoms with E-state index in [1.807, 2.05) is 0 Å². The zero-order valence-electron chi connectivity index (χ0n) is 10.9. The van der Waals surface area contributed by atoms with Crippen LogP contribution in [-0.2, 0) is 6.42 Å². The SMILES string of the molecule is CCCc1ccc(NC(CC)CCC)cc1. The Morgan fingerprint density at radius 1 is 1.00 bits per heavy atom. The maximum Gasteiger partial charge on any atom is 0.0342 e. The summed E-state index contributed by atoms with van der Waals surface area (Å²) in [4.78, 5) is 0. The van der Waals surface area contributed by atoms with Crippen LogP contribution in [0.1, 0.15) is 52.0 Å². The molecule has 1 atom stereocenters. The molecule has 0 amide bonds. The van der Waals surface area contributed by atoms with Crippen molar-refractivity contribution in [1.29, 1.82) is 0 Å². The van der Waals surface area contributed by atoms with Crippen molar-refractivity contribution < 1.29 is 0 Å². The summed E-state index contributed by atoms with van der Waals surface area (Å²) in [7, 11) is 0. The Morgan fingerprint density at radius 2 is 1.69 bits per heavy atom. The smallest absolute Gasteiger partial charge is 0.0342 e. The molecule has 0 aromatic heterocycles. The quantitative estimate of drug-likeness (QED) is 0.705. The minimum atomic E-state index is 0.627. The van der Waals surface area contributed by atoms with Crippen molar-refractivity contribution in [1.82, 2.24) is 0 Å². The highest BCUT2D eigenvalue weighted by atomic mass is 14.9. The largest absolute Gasteiger partial charge is 0.382 e. The lowest BCUT2D eigenvalue weighted by molar-refractivity contribution is 0.623. The van der Waals surface area contributed by atoms with Crippen molar-refractivity contribution in [2.45, 2.75) is 58.9 Å². The Hall–Kier alpha value is -0.980. The van der Waals surface area contributed by atoms with Crippen molar-refractivity contribution in [2.24, 2.45) is 0 Å². The Kier molecular flexibility index (Phi) is 5.99. The summed E-state index contributed by atoms with van der Waals surface area (Å²) in [5, 5.41) is 3.60. The van der Waals surface area contributed by atoms with Gasteiger partial charge in [-0.15, -0.1) is 0 Å². The van der Waals surface area contributed by atoms with Gasteiger partial charge in [0.1, 0.15) is 0 Å². The van der Waals surface area contributed by atoms with E-state index in [9.17, 15) is 0 Å². The summed E-state index contributed by atoms with van der Waals surface area (Å²) < 4.78 is 0. The summed E-state index contributed by atoms with van der Waals surface area (Å²) >= 11 is 0. The highest BCUT2D eigenvalue weighted by Crippen LogP contribution is 2.14. The predicted octanol–water partition coefficient (Wildman–Crippen LogP) is 4.63. The maximum absolute atomic E-state index is 3.60. The van der Waals surface area contributed by atoms with Gasteiger partial charge in [0, 0.05) is 11.7 Å². The molecule has 0 fully saturated rings. The molecule has 0 bridgehead atoms. The number of nitrogens with one attached hydrogen (secondary N) is 1. The van der Waals surface area contributed by atoms with Crippen molar-refractivity contribution in [3.63, 3.8) is 0 Å². The van der Waals surface area contributed by atoms with Crippen LogP contribution in [0.2, 0.25) is 0 Å². The summed E-state index contributed by atoms with van der Waals surface area (Å²) in [5.74, 6) is 0. The van der Waals surface area contributed by atoms with E-state index < -0.39 is 0 Å². The first-order chi connectivity index (χ1) is 7.80. The van der Waals surface area contributed by atoms with Gasteiger partial charge in [-0.1, -0.05) is 45.7 Å². The third-order valence-corrected chi connectivity index (χ3v) is 2.99. The van der Waals surface area contributed by atoms with Crippen LogP contribution in [0.3, 0.4) is 0 Å². The molecule has 1 aromatic carbocycles. The van der Waals surface area contributed by atoms with Gasteiger partial charge in [0.25, 0.3) is 0 Å². The molecule has 1 N–H and O–H groups in total. The first-order valence-corrected chi connectivity index (χ1v) is 6.65. The topological polar surface area (TPSA) is 12.0 Å². The number of anilines is 1. The van der Waals surface area contributed by atoms with Gasteiger partial charge < -0.3 is 5.32 Å². The summed E-state index contributed by atoms with van der Waals surface area (Å²) in [6.07, 6.45) is 6.11. The van der Waals surface area contributed by atoms with Crippen molar-refractivity contribution in [3.05, 3.63) is 29.8 Å². The molecule has 0 saturated heterocycles. The van der Waals surface area contributed by atoms with Gasteiger partial charge in [-0.05, 0) is 37.0 Å². The maximum atomic E-state index is 3.60. The van der Waals surface area contributed by atoms with Gasteiger partial charge in [0.05, 0.1) is 0 Å². The molecule has 1 unspecified atom stereocenters. The van der Waals surface area contributed by atoms with E-state index in [0.29, 0.717) is 6.04 Å². The molecule has 0 radical (unpaired) electrons. The Morgan fingerprint density at radius 3 is 2.19 bits per heavy atom. The van der Waals surface area contributed by atoms with E-state index in [4.69, 9.17) is 0 Å². The molecule has 1 heteroatoms. The minimum absolute atomic E-state index is 0.627. The van der Waals surface area contributed by atoms with Crippen molar-refractivity contribution in [3.8, 4) is 0 Å². The first-order valence-electron chi connectivity index (χ1n) is 6.65. The van der Waals surface area contributed by atoms with E-state index in [0.717, 1.165) is 0 Å². The highest BCUT2D eigenvalue weighted by molar-refractivity contribution is 5.45. The van der Waals surface area contributed by atoms with Gasteiger partial charge >= 0.3 is 0 Å². The van der Waals surface area contributed by atoms with E-state index in [1.54, 1.807) is 0 Å². The Balaban J connectivity index is 2.53. The molecule has 1 aromatic rings. The molecule has 0 heterocycles. The van der Waals surface area contributed by atoms with Crippen molar-refractivity contribution in [2.75, 3.05) is 5.32 Å². The minimum Gasteiger partial charge on any atom is -0.382 e. The van der Waals surface area contributed by atoms with Crippen molar-refractivity contribution >= 4 is 5.69 Å². The lowest BCUT2D eigenvalue weighted by atomic mass is 10.1. The number of hydrogen-bond acceptors (Lipinski definition) is 1. The predicted molar refractivity (Wildman–Crippen MR) is 73.0 cm³/mol. The lowest BCUT2D eigenvalue weighted by Gasteiger charge is -2.17. The van der Waals surface area contributed by atoms with Crippen LogP contribution in [0.4, 0.5) is 5.69 Å². The average molecular weight is 219 g/mol. The van der Waals surface area contributed by atoms with Gasteiger partial charge in [-0.25, -0.2) is 0 Å². The van der Waals surface area contributed by atoms with Crippen LogP contribution in [0, 0.1) is 0 Å². The molecule has 0 aliphatic rings. The van der Waals surface area contributed by atoms with Crippen LogP contribution in [0.15, 0.2) is 24.3 Å². The van der Waals surface area contributed by atoms with Crippen LogP contribution in [0.5, 0.6) is 0 Å². The van der Waals surface area contributed by atoms with Crippen LogP contribution < -0.4 is 5.32 Å². The standard InChI is InChI=1S/C15H25N/c1-4-7-13-9-11-15(12-10-13)16-14(6-3)8-5-2/h9-12,14,16H,4-8H2,1-3H3. The number of benzene rings is 1. The van der Waals surface area contributed by atoms with Gasteiger partial charge in [0.2, 0.25) is 0 Å². The molecule has 1 rings (SSSR count). The zero-order chi connectivity index (χ0) is 11.8. The second kappa shape index (κ2) is 7.32. The molecular formula is C15H25N. The summed E-state index contributed by atoms with van der Waals surface area (Å²) in [6, 6.07) is 9.53. The van der Waals surface area contributed by atoms with Gasteiger partial charge in [0.15, 0.2) is 0 Å². The zero-order valence-corrected chi connectivity index (χ0v) is 10.9. The van der Waals surface area contributed by atoms with Gasteiger partial charge in [-0.2, -0.15) is 0 Å². The van der Waals surface area contributed by atoms with E-state index in [2.05, 4.69) is 50.4 Å². The molecule has 0 spiro atoms. The van der Waals surface area contributed by atoms with Crippen LogP contribution >= 0.6 is 0 Å². The van der Waals surface area contributed by atoms with E-state index in [1.165, 1.54) is 43.4 Å². The number of rotatable bonds is 7.